The molecule has 1 amide bonds. The van der Waals surface area contributed by atoms with Gasteiger partial charge in [-0.2, -0.15) is 5.10 Å². The van der Waals surface area contributed by atoms with E-state index in [1.165, 1.54) is 0 Å². The summed E-state index contributed by atoms with van der Waals surface area (Å²) in [5.41, 5.74) is 1.57. The molecule has 1 aromatic heterocycles. The lowest BCUT2D eigenvalue weighted by molar-refractivity contribution is 0.0949. The molecule has 3 rings (SSSR count). The van der Waals surface area contributed by atoms with Crippen molar-refractivity contribution in [2.75, 3.05) is 6.54 Å². The highest BCUT2D eigenvalue weighted by Gasteiger charge is 2.12. The van der Waals surface area contributed by atoms with Crippen molar-refractivity contribution in [3.05, 3.63) is 83.7 Å². The van der Waals surface area contributed by atoms with Crippen molar-refractivity contribution in [1.82, 2.24) is 15.1 Å². The number of aromatic nitrogens is 2. The molecule has 0 atom stereocenters. The third-order valence-electron chi connectivity index (χ3n) is 3.53. The van der Waals surface area contributed by atoms with Gasteiger partial charge in [0.25, 0.3) is 5.91 Å². The zero-order chi connectivity index (χ0) is 16.9. The normalized spacial score (nSPS) is 10.6. The molecule has 0 saturated carbocycles. The van der Waals surface area contributed by atoms with Gasteiger partial charge in [-0.25, -0.2) is 13.5 Å². The van der Waals surface area contributed by atoms with Crippen molar-refractivity contribution in [3.8, 4) is 5.69 Å². The van der Waals surface area contributed by atoms with Gasteiger partial charge in [-0.3, -0.25) is 4.79 Å². The second-order valence-corrected chi connectivity index (χ2v) is 5.26. The molecule has 4 nitrogen and oxygen atoms in total. The number of rotatable bonds is 5. The summed E-state index contributed by atoms with van der Waals surface area (Å²) in [5.74, 6) is -2.03. The van der Waals surface area contributed by atoms with Gasteiger partial charge in [0.05, 0.1) is 17.4 Å². The van der Waals surface area contributed by atoms with Crippen LogP contribution >= 0.6 is 0 Å². The molecule has 0 unspecified atom stereocenters. The van der Waals surface area contributed by atoms with Gasteiger partial charge in [0.15, 0.2) is 0 Å². The molecule has 6 heteroatoms. The summed E-state index contributed by atoms with van der Waals surface area (Å²) in [6, 6.07) is 12.4. The number of hydrogen-bond acceptors (Lipinski definition) is 2. The first kappa shape index (κ1) is 15.9. The van der Waals surface area contributed by atoms with E-state index in [9.17, 15) is 13.6 Å². The molecule has 0 saturated heterocycles. The SMILES string of the molecule is O=C(NCCc1cnn(-c2ccccc2)c1)c1cc(F)ccc1F. The van der Waals surface area contributed by atoms with E-state index >= 15 is 0 Å². The van der Waals surface area contributed by atoms with Crippen LogP contribution in [-0.4, -0.2) is 22.2 Å². The van der Waals surface area contributed by atoms with Gasteiger partial charge in [0.2, 0.25) is 0 Å². The van der Waals surface area contributed by atoms with Crippen LogP contribution < -0.4 is 5.32 Å². The van der Waals surface area contributed by atoms with Crippen LogP contribution in [0.1, 0.15) is 15.9 Å². The van der Waals surface area contributed by atoms with Crippen molar-refractivity contribution in [2.45, 2.75) is 6.42 Å². The highest BCUT2D eigenvalue weighted by molar-refractivity contribution is 5.94. The summed E-state index contributed by atoms with van der Waals surface area (Å²) < 4.78 is 28.4. The van der Waals surface area contributed by atoms with Crippen LogP contribution in [0.2, 0.25) is 0 Å². The van der Waals surface area contributed by atoms with Crippen LogP contribution in [0.3, 0.4) is 0 Å². The highest BCUT2D eigenvalue weighted by atomic mass is 19.1. The lowest BCUT2D eigenvalue weighted by atomic mass is 10.2. The van der Waals surface area contributed by atoms with E-state index in [0.717, 1.165) is 29.4 Å². The van der Waals surface area contributed by atoms with Gasteiger partial charge in [-0.1, -0.05) is 18.2 Å². The molecule has 1 N–H and O–H groups in total. The van der Waals surface area contributed by atoms with Crippen LogP contribution in [0.15, 0.2) is 60.9 Å². The fourth-order valence-electron chi connectivity index (χ4n) is 2.30. The molecule has 0 spiro atoms. The summed E-state index contributed by atoms with van der Waals surface area (Å²) in [5, 5.41) is 6.84. The molecule has 1 heterocycles. The van der Waals surface area contributed by atoms with Gasteiger partial charge < -0.3 is 5.32 Å². The monoisotopic (exact) mass is 327 g/mol. The summed E-state index contributed by atoms with van der Waals surface area (Å²) >= 11 is 0. The predicted molar refractivity (Wildman–Crippen MR) is 86.0 cm³/mol. The van der Waals surface area contributed by atoms with E-state index in [4.69, 9.17) is 0 Å². The van der Waals surface area contributed by atoms with Gasteiger partial charge in [-0.05, 0) is 42.3 Å². The van der Waals surface area contributed by atoms with Crippen molar-refractivity contribution in [2.24, 2.45) is 0 Å². The average Bonchev–Trinajstić information content (AvgIpc) is 3.06. The predicted octanol–water partition coefficient (Wildman–Crippen LogP) is 3.12. The average molecular weight is 327 g/mol. The van der Waals surface area contributed by atoms with Crippen LogP contribution in [0.4, 0.5) is 8.78 Å². The molecular weight excluding hydrogens is 312 g/mol. The summed E-state index contributed by atoms with van der Waals surface area (Å²) in [6.07, 6.45) is 4.11. The number of amides is 1. The lowest BCUT2D eigenvalue weighted by Crippen LogP contribution is -2.26. The Morgan fingerprint density at radius 3 is 2.71 bits per heavy atom. The van der Waals surface area contributed by atoms with Crippen molar-refractivity contribution in [1.29, 1.82) is 0 Å². The van der Waals surface area contributed by atoms with Gasteiger partial charge >= 0.3 is 0 Å². The van der Waals surface area contributed by atoms with Crippen molar-refractivity contribution in [3.63, 3.8) is 0 Å². The Bertz CT molecular complexity index is 846. The largest absolute Gasteiger partial charge is 0.352 e. The molecule has 0 bridgehead atoms. The fourth-order valence-corrected chi connectivity index (χ4v) is 2.30. The molecule has 0 radical (unpaired) electrons. The maximum absolute atomic E-state index is 13.5. The van der Waals surface area contributed by atoms with Gasteiger partial charge in [0, 0.05) is 12.7 Å². The Morgan fingerprint density at radius 1 is 1.12 bits per heavy atom. The Kier molecular flexibility index (Phi) is 4.65. The Labute approximate surface area is 137 Å². The molecule has 0 aliphatic heterocycles. The maximum Gasteiger partial charge on any atom is 0.254 e. The standard InChI is InChI=1S/C18H15F2N3O/c19-14-6-7-17(20)16(10-14)18(24)21-9-8-13-11-22-23(12-13)15-4-2-1-3-5-15/h1-7,10-12H,8-9H2,(H,21,24). The smallest absolute Gasteiger partial charge is 0.254 e. The number of carbonyl (C=O) groups excluding carboxylic acids is 1. The van der Waals surface area contributed by atoms with Crippen LogP contribution in [0.5, 0.6) is 0 Å². The van der Waals surface area contributed by atoms with E-state index in [-0.39, 0.29) is 5.56 Å². The zero-order valence-corrected chi connectivity index (χ0v) is 12.7. The third kappa shape index (κ3) is 3.65. The number of para-hydroxylation sites is 1. The van der Waals surface area contributed by atoms with Crippen LogP contribution in [-0.2, 0) is 6.42 Å². The summed E-state index contributed by atoms with van der Waals surface area (Å²) in [7, 11) is 0. The Balaban J connectivity index is 1.58. The second kappa shape index (κ2) is 7.04. The molecule has 0 aliphatic carbocycles. The number of nitrogens with one attached hydrogen (secondary N) is 1. The molecule has 122 valence electrons. The fraction of sp³-hybridized carbons (Fsp3) is 0.111. The van der Waals surface area contributed by atoms with E-state index in [1.807, 2.05) is 36.5 Å². The first-order valence-corrected chi connectivity index (χ1v) is 7.46. The summed E-state index contributed by atoms with van der Waals surface area (Å²) in [6.45, 7) is 0.301. The van der Waals surface area contributed by atoms with E-state index < -0.39 is 17.5 Å². The minimum Gasteiger partial charge on any atom is -0.352 e. The summed E-state index contributed by atoms with van der Waals surface area (Å²) in [4.78, 5) is 11.9. The topological polar surface area (TPSA) is 46.9 Å². The maximum atomic E-state index is 13.5. The Morgan fingerprint density at radius 2 is 1.92 bits per heavy atom. The second-order valence-electron chi connectivity index (χ2n) is 5.26. The van der Waals surface area contributed by atoms with Crippen LogP contribution in [0.25, 0.3) is 5.69 Å². The minimum absolute atomic E-state index is 0.296. The van der Waals surface area contributed by atoms with E-state index in [2.05, 4.69) is 10.4 Å². The van der Waals surface area contributed by atoms with Crippen molar-refractivity contribution >= 4 is 5.91 Å². The quantitative estimate of drug-likeness (QED) is 0.783. The lowest BCUT2D eigenvalue weighted by Gasteiger charge is -2.05. The first-order chi connectivity index (χ1) is 11.6. The number of halogens is 2. The van der Waals surface area contributed by atoms with E-state index in [1.54, 1.807) is 10.9 Å². The van der Waals surface area contributed by atoms with Crippen LogP contribution in [0, 0.1) is 11.6 Å². The first-order valence-electron chi connectivity index (χ1n) is 7.46. The van der Waals surface area contributed by atoms with E-state index in [0.29, 0.717) is 13.0 Å². The molecule has 24 heavy (non-hydrogen) atoms. The highest BCUT2D eigenvalue weighted by Crippen LogP contribution is 2.10. The molecular formula is C18H15F2N3O. The van der Waals surface area contributed by atoms with Crippen molar-refractivity contribution < 1.29 is 13.6 Å². The number of carbonyl (C=O) groups is 1. The Hall–Kier alpha value is -3.02. The molecule has 3 aromatic rings. The number of benzene rings is 2. The van der Waals surface area contributed by atoms with Gasteiger partial charge in [0.1, 0.15) is 11.6 Å². The molecule has 2 aromatic carbocycles. The van der Waals surface area contributed by atoms with Gasteiger partial charge in [-0.15, -0.1) is 0 Å². The zero-order valence-electron chi connectivity index (χ0n) is 12.7. The number of nitrogens with zero attached hydrogens (tertiary/aromatic N) is 2. The third-order valence-corrected chi connectivity index (χ3v) is 3.53. The molecule has 0 fully saturated rings. The minimum atomic E-state index is -0.745. The number of hydrogen-bond donors (Lipinski definition) is 1. The molecule has 0 aliphatic rings.